The lowest BCUT2D eigenvalue weighted by Crippen LogP contribution is -2.49. The average molecular weight is 511 g/mol. The molecule has 0 radical (unpaired) electrons. The van der Waals surface area contributed by atoms with E-state index in [2.05, 4.69) is 15.1 Å². The molecule has 1 amide bonds. The van der Waals surface area contributed by atoms with Crippen LogP contribution in [0.2, 0.25) is 5.02 Å². The van der Waals surface area contributed by atoms with E-state index in [0.29, 0.717) is 55.0 Å². The van der Waals surface area contributed by atoms with Gasteiger partial charge in [0.2, 0.25) is 0 Å². The van der Waals surface area contributed by atoms with Crippen molar-refractivity contribution in [1.82, 2.24) is 9.80 Å². The molecule has 3 aromatic rings. The lowest BCUT2D eigenvalue weighted by Gasteiger charge is -2.35. The monoisotopic (exact) mass is 510 g/mol. The van der Waals surface area contributed by atoms with Gasteiger partial charge in [0.1, 0.15) is 16.9 Å². The first-order valence-electron chi connectivity index (χ1n) is 11.7. The van der Waals surface area contributed by atoms with Gasteiger partial charge in [-0.2, -0.15) is 0 Å². The molecule has 188 valence electrons. The van der Waals surface area contributed by atoms with Gasteiger partial charge in [0.15, 0.2) is 11.5 Å². The number of phenolic OH excluding ortho intramolecular Hbond substituents is 1. The second-order valence-electron chi connectivity index (χ2n) is 9.87. The summed E-state index contributed by atoms with van der Waals surface area (Å²) in [6, 6.07) is 9.01. The Balaban J connectivity index is 1.40. The van der Waals surface area contributed by atoms with Crippen molar-refractivity contribution in [2.75, 3.05) is 26.2 Å². The molecule has 2 aliphatic heterocycles. The number of carbonyl (C=O) groups excluding carboxylic acids is 1. The van der Waals surface area contributed by atoms with E-state index in [4.69, 9.17) is 20.8 Å². The molecule has 0 unspecified atom stereocenters. The lowest BCUT2D eigenvalue weighted by molar-refractivity contribution is 0.0138. The summed E-state index contributed by atoms with van der Waals surface area (Å²) in [5.41, 5.74) is 2.40. The van der Waals surface area contributed by atoms with Crippen molar-refractivity contribution in [3.8, 4) is 11.5 Å². The number of azo groups is 1. The zero-order valence-electron chi connectivity index (χ0n) is 20.3. The minimum Gasteiger partial charge on any atom is -0.506 e. The number of ether oxygens (including phenoxy) is 1. The number of benzene rings is 2. The molecule has 0 atom stereocenters. The predicted octanol–water partition coefficient (Wildman–Crippen LogP) is 6.15. The van der Waals surface area contributed by atoms with E-state index in [0.717, 1.165) is 11.3 Å². The molecule has 9 nitrogen and oxygen atoms in total. The van der Waals surface area contributed by atoms with Crippen LogP contribution < -0.4 is 0 Å². The van der Waals surface area contributed by atoms with Crippen molar-refractivity contribution in [3.05, 3.63) is 52.2 Å². The topological polar surface area (TPSA) is 111 Å². The Morgan fingerprint density at radius 2 is 1.86 bits per heavy atom. The zero-order chi connectivity index (χ0) is 25.6. The highest BCUT2D eigenvalue weighted by Crippen LogP contribution is 2.44. The average Bonchev–Trinajstić information content (AvgIpc) is 3.38. The summed E-state index contributed by atoms with van der Waals surface area (Å²) < 4.78 is 11.5. The number of hydrogen-bond donors (Lipinski definition) is 2. The summed E-state index contributed by atoms with van der Waals surface area (Å²) in [6.45, 7) is 7.98. The molecule has 1 aromatic heterocycles. The van der Waals surface area contributed by atoms with Crippen LogP contribution in [-0.2, 0) is 11.3 Å². The van der Waals surface area contributed by atoms with Crippen LogP contribution in [0.4, 0.5) is 10.5 Å². The molecule has 1 fully saturated rings. The Bertz CT molecular complexity index is 1400. The molecule has 0 bridgehead atoms. The smallest absolute Gasteiger partial charge is 0.410 e. The number of piperazine rings is 1. The molecule has 3 heterocycles. The van der Waals surface area contributed by atoms with Crippen molar-refractivity contribution >= 4 is 46.1 Å². The third-order valence-corrected chi connectivity index (χ3v) is 6.41. The van der Waals surface area contributed by atoms with Gasteiger partial charge in [-0.25, -0.2) is 4.79 Å². The highest BCUT2D eigenvalue weighted by molar-refractivity contribution is 6.33. The highest BCUT2D eigenvalue weighted by atomic mass is 35.5. The summed E-state index contributed by atoms with van der Waals surface area (Å²) in [4.78, 5) is 16.1. The van der Waals surface area contributed by atoms with Crippen LogP contribution >= 0.6 is 11.6 Å². The van der Waals surface area contributed by atoms with E-state index in [1.165, 1.54) is 6.07 Å². The van der Waals surface area contributed by atoms with Crippen LogP contribution in [0.3, 0.4) is 0 Å². The van der Waals surface area contributed by atoms with Crippen LogP contribution in [-0.4, -0.2) is 57.9 Å². The van der Waals surface area contributed by atoms with E-state index in [-0.39, 0.29) is 28.4 Å². The summed E-state index contributed by atoms with van der Waals surface area (Å²) in [6.07, 6.45) is 1.29. The quantitative estimate of drug-likeness (QED) is 0.437. The van der Waals surface area contributed by atoms with Crippen molar-refractivity contribution in [1.29, 1.82) is 0 Å². The first-order chi connectivity index (χ1) is 17.1. The van der Waals surface area contributed by atoms with Crippen LogP contribution in [0, 0.1) is 0 Å². The molecule has 2 N–H and O–H groups in total. The molecule has 2 aliphatic rings. The minimum atomic E-state index is -0.553. The van der Waals surface area contributed by atoms with Gasteiger partial charge in [0.05, 0.1) is 27.4 Å². The van der Waals surface area contributed by atoms with Gasteiger partial charge >= 0.3 is 6.09 Å². The SMILES string of the molecule is CC(C)(C)OC(=O)N1CCN(Cc2c(O)c(Cl)cc3c(O)c(C=C4N=Nc5ccccc54)oc23)CC1. The van der Waals surface area contributed by atoms with Gasteiger partial charge in [-0.15, -0.1) is 10.2 Å². The maximum atomic E-state index is 12.4. The molecule has 0 spiro atoms. The number of halogens is 1. The highest BCUT2D eigenvalue weighted by Gasteiger charge is 2.28. The van der Waals surface area contributed by atoms with Crippen LogP contribution in [0.1, 0.15) is 37.7 Å². The fourth-order valence-electron chi connectivity index (χ4n) is 4.31. The Morgan fingerprint density at radius 1 is 1.14 bits per heavy atom. The lowest BCUT2D eigenvalue weighted by atomic mass is 10.1. The van der Waals surface area contributed by atoms with Crippen molar-refractivity contribution in [3.63, 3.8) is 0 Å². The number of hydrogen-bond acceptors (Lipinski definition) is 8. The van der Waals surface area contributed by atoms with Crippen LogP contribution in [0.25, 0.3) is 22.7 Å². The van der Waals surface area contributed by atoms with E-state index in [9.17, 15) is 15.0 Å². The largest absolute Gasteiger partial charge is 0.506 e. The zero-order valence-corrected chi connectivity index (χ0v) is 21.0. The number of aromatic hydroxyl groups is 2. The summed E-state index contributed by atoms with van der Waals surface area (Å²) in [7, 11) is 0. The molecule has 2 aromatic carbocycles. The van der Waals surface area contributed by atoms with Crippen molar-refractivity contribution in [2.45, 2.75) is 32.9 Å². The van der Waals surface area contributed by atoms with E-state index in [1.54, 1.807) is 11.0 Å². The van der Waals surface area contributed by atoms with Crippen LogP contribution in [0.5, 0.6) is 11.5 Å². The number of amides is 1. The second kappa shape index (κ2) is 9.15. The van der Waals surface area contributed by atoms with Gasteiger partial charge in [-0.3, -0.25) is 4.90 Å². The standard InChI is InChI=1S/C26H27ClN4O5/c1-26(2,3)36-25(34)31-10-8-30(9-11-31)14-17-22(32)18(27)12-16-23(33)21(35-24(16)17)13-20-15-6-4-5-7-19(15)28-29-20/h4-7,12-13,32-33H,8-11,14H2,1-3H3. The normalized spacial score (nSPS) is 17.2. The van der Waals surface area contributed by atoms with Crippen molar-refractivity contribution < 1.29 is 24.2 Å². The van der Waals surface area contributed by atoms with Gasteiger partial charge < -0.3 is 24.3 Å². The predicted molar refractivity (Wildman–Crippen MR) is 136 cm³/mol. The molecule has 0 aliphatic carbocycles. The Labute approximate surface area is 213 Å². The Morgan fingerprint density at radius 3 is 2.58 bits per heavy atom. The molecule has 10 heteroatoms. The molecule has 1 saturated heterocycles. The minimum absolute atomic E-state index is 0.0880. The Kier molecular flexibility index (Phi) is 6.13. The van der Waals surface area contributed by atoms with Gasteiger partial charge in [0, 0.05) is 44.4 Å². The first-order valence-corrected chi connectivity index (χ1v) is 12.1. The summed E-state index contributed by atoms with van der Waals surface area (Å²) in [5.74, 6) is 0.0147. The number of carbonyl (C=O) groups is 1. The maximum Gasteiger partial charge on any atom is 0.410 e. The van der Waals surface area contributed by atoms with E-state index < -0.39 is 5.60 Å². The molecule has 5 rings (SSSR count). The third kappa shape index (κ3) is 4.64. The number of furan rings is 1. The number of fused-ring (bicyclic) bond motifs is 2. The number of nitrogens with zero attached hydrogens (tertiary/aromatic N) is 4. The fourth-order valence-corrected chi connectivity index (χ4v) is 4.53. The number of phenols is 1. The van der Waals surface area contributed by atoms with E-state index >= 15 is 0 Å². The van der Waals surface area contributed by atoms with Gasteiger partial charge in [-0.1, -0.05) is 29.8 Å². The molecular weight excluding hydrogens is 484 g/mol. The van der Waals surface area contributed by atoms with E-state index in [1.807, 2.05) is 45.0 Å². The molecular formula is C26H27ClN4O5. The first kappa shape index (κ1) is 24.1. The van der Waals surface area contributed by atoms with Gasteiger partial charge in [0.25, 0.3) is 0 Å². The second-order valence-corrected chi connectivity index (χ2v) is 10.3. The summed E-state index contributed by atoms with van der Waals surface area (Å²) in [5, 5.41) is 30.5. The molecule has 0 saturated carbocycles. The number of rotatable bonds is 3. The molecule has 36 heavy (non-hydrogen) atoms. The summed E-state index contributed by atoms with van der Waals surface area (Å²) >= 11 is 6.32. The van der Waals surface area contributed by atoms with Crippen molar-refractivity contribution in [2.24, 2.45) is 10.2 Å². The fraction of sp³-hybridized carbons (Fsp3) is 0.346. The van der Waals surface area contributed by atoms with Crippen LogP contribution in [0.15, 0.2) is 45.0 Å². The Hall–Kier alpha value is -3.56. The third-order valence-electron chi connectivity index (χ3n) is 6.12. The van der Waals surface area contributed by atoms with Gasteiger partial charge in [-0.05, 0) is 32.9 Å². The maximum absolute atomic E-state index is 12.4.